The summed E-state index contributed by atoms with van der Waals surface area (Å²) in [6.45, 7) is 3.31. The molecule has 0 radical (unpaired) electrons. The molecule has 0 saturated heterocycles. The molecule has 0 fully saturated rings. The maximum absolute atomic E-state index is 13.6. The van der Waals surface area contributed by atoms with Crippen LogP contribution < -0.4 is 10.6 Å². The molecule has 0 aliphatic heterocycles. The van der Waals surface area contributed by atoms with Gasteiger partial charge in [-0.05, 0) is 37.3 Å². The van der Waals surface area contributed by atoms with E-state index in [4.69, 9.17) is 4.42 Å². The fourth-order valence-electron chi connectivity index (χ4n) is 1.93. The highest BCUT2D eigenvalue weighted by Gasteiger charge is 2.04. The number of hydrogen-bond acceptors (Lipinski definition) is 2. The highest BCUT2D eigenvalue weighted by atomic mass is 19.1. The topological polar surface area (TPSA) is 49.6 Å². The first-order valence-electron chi connectivity index (χ1n) is 7.17. The monoisotopic (exact) mass is 307 g/mol. The van der Waals surface area contributed by atoms with Crippen LogP contribution in [0.4, 0.5) is 8.78 Å². The highest BCUT2D eigenvalue weighted by molar-refractivity contribution is 5.79. The van der Waals surface area contributed by atoms with E-state index < -0.39 is 11.6 Å². The van der Waals surface area contributed by atoms with E-state index in [2.05, 4.69) is 15.6 Å². The first-order valence-corrected chi connectivity index (χ1v) is 7.17. The number of rotatable bonds is 6. The van der Waals surface area contributed by atoms with Crippen molar-refractivity contribution in [3.8, 4) is 0 Å². The predicted molar refractivity (Wildman–Crippen MR) is 81.6 cm³/mol. The Morgan fingerprint density at radius 3 is 2.82 bits per heavy atom. The fraction of sp³-hybridized carbons (Fsp3) is 0.312. The number of halogens is 2. The maximum atomic E-state index is 13.6. The van der Waals surface area contributed by atoms with Gasteiger partial charge in [-0.3, -0.25) is 0 Å². The van der Waals surface area contributed by atoms with E-state index in [0.717, 1.165) is 24.0 Å². The summed E-state index contributed by atoms with van der Waals surface area (Å²) >= 11 is 0. The van der Waals surface area contributed by atoms with Crippen molar-refractivity contribution in [3.63, 3.8) is 0 Å². The quantitative estimate of drug-likeness (QED) is 0.637. The molecular formula is C16H19F2N3O. The van der Waals surface area contributed by atoms with Gasteiger partial charge < -0.3 is 15.1 Å². The molecule has 1 aromatic carbocycles. The number of nitrogens with one attached hydrogen (secondary N) is 2. The molecular weight excluding hydrogens is 288 g/mol. The molecule has 1 heterocycles. The van der Waals surface area contributed by atoms with Crippen LogP contribution in [0.1, 0.15) is 18.2 Å². The zero-order valence-electron chi connectivity index (χ0n) is 12.4. The molecule has 6 heteroatoms. The Morgan fingerprint density at radius 2 is 2.09 bits per heavy atom. The summed E-state index contributed by atoms with van der Waals surface area (Å²) in [4.78, 5) is 4.26. The van der Waals surface area contributed by atoms with Gasteiger partial charge in [-0.15, -0.1) is 0 Å². The Hall–Kier alpha value is -2.37. The largest absolute Gasteiger partial charge is 0.469 e. The summed E-state index contributed by atoms with van der Waals surface area (Å²) < 4.78 is 31.9. The summed E-state index contributed by atoms with van der Waals surface area (Å²) in [6.07, 6.45) is 2.34. The molecule has 0 atom stereocenters. The molecule has 0 aliphatic rings. The molecule has 0 saturated carbocycles. The van der Waals surface area contributed by atoms with Crippen molar-refractivity contribution in [2.24, 2.45) is 4.99 Å². The maximum Gasteiger partial charge on any atom is 0.191 e. The zero-order chi connectivity index (χ0) is 15.8. The fourth-order valence-corrected chi connectivity index (χ4v) is 1.93. The number of hydrogen-bond donors (Lipinski definition) is 2. The van der Waals surface area contributed by atoms with E-state index in [0.29, 0.717) is 25.5 Å². The van der Waals surface area contributed by atoms with Gasteiger partial charge in [-0.1, -0.05) is 0 Å². The van der Waals surface area contributed by atoms with Crippen molar-refractivity contribution in [2.75, 3.05) is 13.1 Å². The van der Waals surface area contributed by atoms with Crippen molar-refractivity contribution in [3.05, 3.63) is 59.6 Å². The Labute approximate surface area is 128 Å². The van der Waals surface area contributed by atoms with E-state index >= 15 is 0 Å². The smallest absolute Gasteiger partial charge is 0.191 e. The van der Waals surface area contributed by atoms with Crippen molar-refractivity contribution < 1.29 is 13.2 Å². The van der Waals surface area contributed by atoms with Gasteiger partial charge in [0, 0.05) is 25.1 Å². The van der Waals surface area contributed by atoms with Crippen molar-refractivity contribution in [1.82, 2.24) is 10.6 Å². The lowest BCUT2D eigenvalue weighted by atomic mass is 10.2. The molecule has 118 valence electrons. The van der Waals surface area contributed by atoms with Crippen molar-refractivity contribution >= 4 is 5.96 Å². The number of aliphatic imine (C=N–C) groups is 1. The van der Waals surface area contributed by atoms with Gasteiger partial charge in [0.2, 0.25) is 0 Å². The summed E-state index contributed by atoms with van der Waals surface area (Å²) in [5, 5.41) is 6.19. The van der Waals surface area contributed by atoms with Gasteiger partial charge in [0.1, 0.15) is 17.4 Å². The second-order valence-electron chi connectivity index (χ2n) is 4.69. The average molecular weight is 307 g/mol. The molecule has 1 aromatic heterocycles. The summed E-state index contributed by atoms with van der Waals surface area (Å²) in [5.74, 6) is 0.496. The van der Waals surface area contributed by atoms with Crippen LogP contribution in [0.3, 0.4) is 0 Å². The normalized spacial score (nSPS) is 11.5. The average Bonchev–Trinajstić information content (AvgIpc) is 3.01. The van der Waals surface area contributed by atoms with Gasteiger partial charge in [0.25, 0.3) is 0 Å². The van der Waals surface area contributed by atoms with Crippen molar-refractivity contribution in [2.45, 2.75) is 19.9 Å². The Kier molecular flexibility index (Phi) is 5.94. The molecule has 2 N–H and O–H groups in total. The summed E-state index contributed by atoms with van der Waals surface area (Å²) in [6, 6.07) is 7.09. The molecule has 0 spiro atoms. The van der Waals surface area contributed by atoms with E-state index in [-0.39, 0.29) is 12.1 Å². The van der Waals surface area contributed by atoms with Crippen LogP contribution >= 0.6 is 0 Å². The molecule has 4 nitrogen and oxygen atoms in total. The third-order valence-electron chi connectivity index (χ3n) is 3.00. The minimum Gasteiger partial charge on any atom is -0.469 e. The second kappa shape index (κ2) is 8.17. The summed E-state index contributed by atoms with van der Waals surface area (Å²) in [7, 11) is 0. The zero-order valence-corrected chi connectivity index (χ0v) is 12.4. The van der Waals surface area contributed by atoms with E-state index in [1.165, 1.54) is 0 Å². The minimum atomic E-state index is -0.470. The second-order valence-corrected chi connectivity index (χ2v) is 4.69. The van der Waals surface area contributed by atoms with Gasteiger partial charge >= 0.3 is 0 Å². The molecule has 2 aromatic rings. The Balaban J connectivity index is 1.92. The van der Waals surface area contributed by atoms with Crippen LogP contribution in [0.15, 0.2) is 46.0 Å². The van der Waals surface area contributed by atoms with E-state index in [1.807, 2.05) is 19.1 Å². The first kappa shape index (κ1) is 16.0. The van der Waals surface area contributed by atoms with Gasteiger partial charge in [0.05, 0.1) is 12.8 Å². The van der Waals surface area contributed by atoms with Crippen LogP contribution in [-0.4, -0.2) is 19.0 Å². The number of guanidine groups is 1. The number of furan rings is 1. The van der Waals surface area contributed by atoms with Crippen LogP contribution in [0.5, 0.6) is 0 Å². The number of nitrogens with zero attached hydrogens (tertiary/aromatic N) is 1. The van der Waals surface area contributed by atoms with Gasteiger partial charge in [0.15, 0.2) is 5.96 Å². The van der Waals surface area contributed by atoms with Gasteiger partial charge in [-0.2, -0.15) is 0 Å². The standard InChI is InChI=1S/C16H19F2N3O/c1-2-19-16(20-8-7-14-4-3-9-22-14)21-11-12-10-13(17)5-6-15(12)18/h3-6,9-10H,2,7-8,11H2,1H3,(H2,19,20,21). The van der Waals surface area contributed by atoms with E-state index in [9.17, 15) is 8.78 Å². The molecule has 0 amide bonds. The SMILES string of the molecule is CCNC(=NCc1cc(F)ccc1F)NCCc1ccco1. The van der Waals surface area contributed by atoms with Gasteiger partial charge in [-0.25, -0.2) is 13.8 Å². The third kappa shape index (κ3) is 4.87. The predicted octanol–water partition coefficient (Wildman–Crippen LogP) is 2.86. The summed E-state index contributed by atoms with van der Waals surface area (Å²) in [5.41, 5.74) is 0.225. The van der Waals surface area contributed by atoms with Crippen LogP contribution in [-0.2, 0) is 13.0 Å². The lowest BCUT2D eigenvalue weighted by Crippen LogP contribution is -2.38. The molecule has 2 rings (SSSR count). The van der Waals surface area contributed by atoms with Crippen molar-refractivity contribution in [1.29, 1.82) is 0 Å². The van der Waals surface area contributed by atoms with Crippen LogP contribution in [0.25, 0.3) is 0 Å². The Morgan fingerprint density at radius 1 is 1.23 bits per heavy atom. The molecule has 22 heavy (non-hydrogen) atoms. The minimum absolute atomic E-state index is 0.0691. The number of benzene rings is 1. The lowest BCUT2D eigenvalue weighted by molar-refractivity contribution is 0.507. The first-order chi connectivity index (χ1) is 10.7. The lowest BCUT2D eigenvalue weighted by Gasteiger charge is -2.11. The van der Waals surface area contributed by atoms with E-state index in [1.54, 1.807) is 6.26 Å². The highest BCUT2D eigenvalue weighted by Crippen LogP contribution is 2.10. The third-order valence-corrected chi connectivity index (χ3v) is 3.00. The molecule has 0 aliphatic carbocycles. The Bertz CT molecular complexity index is 612. The van der Waals surface area contributed by atoms with Crippen LogP contribution in [0.2, 0.25) is 0 Å². The molecule has 0 bridgehead atoms. The van der Waals surface area contributed by atoms with Crippen LogP contribution in [0, 0.1) is 11.6 Å². The molecule has 0 unspecified atom stereocenters.